The van der Waals surface area contributed by atoms with Crippen molar-refractivity contribution >= 4 is 49.7 Å². The molecule has 1 unspecified atom stereocenters. The van der Waals surface area contributed by atoms with Gasteiger partial charge in [-0.2, -0.15) is 10.4 Å². The number of hydrogen-bond donors (Lipinski definition) is 2. The van der Waals surface area contributed by atoms with Gasteiger partial charge in [-0.1, -0.05) is 33.1 Å². The Balaban J connectivity index is 1.72. The minimum atomic E-state index is -2.64. The summed E-state index contributed by atoms with van der Waals surface area (Å²) < 4.78 is 42.1. The van der Waals surface area contributed by atoms with Gasteiger partial charge in [0.15, 0.2) is 20.2 Å². The normalized spacial score (nSPS) is 21.9. The van der Waals surface area contributed by atoms with Crippen LogP contribution in [0.2, 0.25) is 19.6 Å². The highest BCUT2D eigenvalue weighted by Crippen LogP contribution is 2.45. The molecule has 3 heterocycles. The fourth-order valence-electron chi connectivity index (χ4n) is 6.75. The van der Waals surface area contributed by atoms with Gasteiger partial charge >= 0.3 is 30.1 Å². The molecule has 2 aliphatic rings. The number of fused-ring (bicyclic) bond motifs is 1. The van der Waals surface area contributed by atoms with Crippen LogP contribution in [0.4, 0.5) is 15.4 Å². The number of anilines is 1. The zero-order valence-corrected chi connectivity index (χ0v) is 37.0. The number of nitrogens with one attached hydrogen (secondary N) is 2. The predicted octanol–water partition coefficient (Wildman–Crippen LogP) is 6.14. The van der Waals surface area contributed by atoms with Crippen molar-refractivity contribution in [2.45, 2.75) is 149 Å². The van der Waals surface area contributed by atoms with E-state index in [0.29, 0.717) is 0 Å². The number of carbonyl (C=O) groups is 5. The highest BCUT2D eigenvalue weighted by molar-refractivity contribution is 6.69. The number of nitrogens with zero attached hydrogens (tertiary/aromatic N) is 4. The number of rotatable bonds is 14. The summed E-state index contributed by atoms with van der Waals surface area (Å²) in [5.74, 6) is -2.17. The van der Waals surface area contributed by atoms with Crippen LogP contribution < -0.4 is 10.6 Å². The largest absolute Gasteiger partial charge is 0.463 e. The Morgan fingerprint density at radius 1 is 1.00 bits per heavy atom. The zero-order chi connectivity index (χ0) is 43.9. The van der Waals surface area contributed by atoms with Crippen molar-refractivity contribution in [3.8, 4) is 6.07 Å². The maximum atomic E-state index is 14.1. The molecule has 2 amide bonds. The van der Waals surface area contributed by atoms with E-state index in [9.17, 15) is 29.2 Å². The average molecular weight is 845 g/mol. The van der Waals surface area contributed by atoms with E-state index in [1.807, 2.05) is 19.6 Å². The number of carbonyl (C=O) groups excluding carboxylic acids is 5. The van der Waals surface area contributed by atoms with Gasteiger partial charge in [0.05, 0.1) is 11.1 Å². The van der Waals surface area contributed by atoms with Crippen LogP contribution >= 0.6 is 0 Å². The summed E-state index contributed by atoms with van der Waals surface area (Å²) in [6.07, 6.45) is 0.699. The van der Waals surface area contributed by atoms with E-state index in [1.165, 1.54) is 16.6 Å². The quantitative estimate of drug-likeness (QED) is 0.0942. The SMILES string of the molecule is CC(C)[C@H](NC(=O)OC(C)(C)C)C(=O)O[C@H]1C(O[Si](C)(C)C)[C@](C#N)(c2ccc3c(NC(=O)OCOC(=O)C(C)(C)C)ncnn23)O[C@@H]1COC(=O)CC1CCCCC1. The van der Waals surface area contributed by atoms with E-state index in [4.69, 9.17) is 32.8 Å². The molecule has 2 aromatic heterocycles. The Labute approximate surface area is 346 Å². The second-order valence-corrected chi connectivity index (χ2v) is 22.8. The van der Waals surface area contributed by atoms with Crippen LogP contribution in [-0.4, -0.2) is 96.4 Å². The number of alkyl carbamates (subject to hydrolysis) is 1. The molecular formula is C40H60N6O12Si. The van der Waals surface area contributed by atoms with E-state index in [2.05, 4.69) is 26.8 Å². The number of nitriles is 1. The minimum absolute atomic E-state index is 0.0173. The van der Waals surface area contributed by atoms with Gasteiger partial charge in [0.25, 0.3) is 0 Å². The molecule has 18 nitrogen and oxygen atoms in total. The van der Waals surface area contributed by atoms with Crippen molar-refractivity contribution in [1.82, 2.24) is 19.9 Å². The summed E-state index contributed by atoms with van der Waals surface area (Å²) >= 11 is 0. The lowest BCUT2D eigenvalue weighted by Gasteiger charge is -2.34. The van der Waals surface area contributed by atoms with Gasteiger partial charge in [0.2, 0.25) is 12.4 Å². The summed E-state index contributed by atoms with van der Waals surface area (Å²) in [6, 6.07) is 4.15. The van der Waals surface area contributed by atoms with E-state index >= 15 is 0 Å². The second-order valence-electron chi connectivity index (χ2n) is 18.3. The maximum absolute atomic E-state index is 14.1. The van der Waals surface area contributed by atoms with Crippen LogP contribution in [0.25, 0.3) is 5.52 Å². The molecule has 0 bridgehead atoms. The molecule has 4 rings (SSSR count). The lowest BCUT2D eigenvalue weighted by molar-refractivity contribution is -0.163. The molecule has 1 aliphatic heterocycles. The summed E-state index contributed by atoms with van der Waals surface area (Å²) in [5, 5.41) is 20.6. The number of ether oxygens (including phenoxy) is 6. The Kier molecular flexibility index (Phi) is 15.1. The molecule has 1 saturated carbocycles. The summed E-state index contributed by atoms with van der Waals surface area (Å²) in [4.78, 5) is 69.2. The molecule has 1 aliphatic carbocycles. The Morgan fingerprint density at radius 2 is 1.68 bits per heavy atom. The first kappa shape index (κ1) is 46.9. The molecular weight excluding hydrogens is 785 g/mol. The Morgan fingerprint density at radius 3 is 2.27 bits per heavy atom. The van der Waals surface area contributed by atoms with E-state index in [-0.39, 0.29) is 36.0 Å². The van der Waals surface area contributed by atoms with Gasteiger partial charge in [-0.05, 0) is 98.0 Å². The van der Waals surface area contributed by atoms with E-state index in [0.717, 1.165) is 38.4 Å². The number of amides is 2. The first-order valence-electron chi connectivity index (χ1n) is 20.0. The monoisotopic (exact) mass is 844 g/mol. The molecule has 0 radical (unpaired) electrons. The third-order valence-corrected chi connectivity index (χ3v) is 10.5. The summed E-state index contributed by atoms with van der Waals surface area (Å²) in [6.45, 7) is 18.1. The highest BCUT2D eigenvalue weighted by Gasteiger charge is 2.62. The van der Waals surface area contributed by atoms with Gasteiger partial charge in [-0.15, -0.1) is 0 Å². The predicted molar refractivity (Wildman–Crippen MR) is 214 cm³/mol. The minimum Gasteiger partial charge on any atom is -0.463 e. The second kappa shape index (κ2) is 19.1. The van der Waals surface area contributed by atoms with Crippen LogP contribution in [0.15, 0.2) is 18.5 Å². The molecule has 2 N–H and O–H groups in total. The Bertz CT molecular complexity index is 1870. The first-order chi connectivity index (χ1) is 27.4. The van der Waals surface area contributed by atoms with Gasteiger partial charge in [0, 0.05) is 6.42 Å². The smallest absolute Gasteiger partial charge is 0.415 e. The van der Waals surface area contributed by atoms with Crippen molar-refractivity contribution in [1.29, 1.82) is 5.26 Å². The maximum Gasteiger partial charge on any atom is 0.415 e. The molecule has 0 spiro atoms. The van der Waals surface area contributed by atoms with Gasteiger partial charge < -0.3 is 38.2 Å². The number of aromatic nitrogens is 3. The van der Waals surface area contributed by atoms with Crippen LogP contribution in [-0.2, 0) is 52.8 Å². The average Bonchev–Trinajstić information content (AvgIpc) is 3.68. The van der Waals surface area contributed by atoms with Crippen LogP contribution in [0.1, 0.15) is 99.6 Å². The van der Waals surface area contributed by atoms with Crippen molar-refractivity contribution in [2.75, 3.05) is 18.7 Å². The zero-order valence-electron chi connectivity index (χ0n) is 36.0. The van der Waals surface area contributed by atoms with Crippen molar-refractivity contribution in [3.05, 3.63) is 24.2 Å². The Hall–Kier alpha value is -4.80. The molecule has 1 saturated heterocycles. The molecule has 0 aromatic carbocycles. The van der Waals surface area contributed by atoms with E-state index < -0.39 is 92.1 Å². The van der Waals surface area contributed by atoms with Gasteiger partial charge in [-0.3, -0.25) is 14.9 Å². The van der Waals surface area contributed by atoms with Crippen LogP contribution in [0.3, 0.4) is 0 Å². The lowest BCUT2D eigenvalue weighted by Crippen LogP contribution is -2.53. The van der Waals surface area contributed by atoms with Crippen LogP contribution in [0.5, 0.6) is 0 Å². The lowest BCUT2D eigenvalue weighted by atomic mass is 9.87. The first-order valence-corrected chi connectivity index (χ1v) is 23.4. The summed E-state index contributed by atoms with van der Waals surface area (Å²) in [5.41, 5.74) is -3.35. The van der Waals surface area contributed by atoms with Gasteiger partial charge in [0.1, 0.15) is 48.4 Å². The summed E-state index contributed by atoms with van der Waals surface area (Å²) in [7, 11) is -2.64. The number of hydrogen-bond acceptors (Lipinski definition) is 15. The third kappa shape index (κ3) is 12.6. The molecule has 19 heteroatoms. The molecule has 5 atom stereocenters. The standard InChI is InChI=1S/C40H60N6O12Si/c1-24(2)30(44-37(51)57-39(6,7)8)34(48)55-31-27(20-52-29(47)19-25-15-13-12-14-16-25)56-40(21-41,32(31)58-59(9,10)11)28-18-17-26-33(42-22-43-46(26)28)45-36(50)54-23-53-35(49)38(3,4)5/h17-18,22,24-25,27,30-32H,12-16,19-20,23H2,1-11H3,(H,44,51)(H,42,43,45,50)/t27-,30+,31-,32?,40+/m1/s1. The van der Waals surface area contributed by atoms with Gasteiger partial charge in [-0.25, -0.2) is 23.9 Å². The van der Waals surface area contributed by atoms with E-state index in [1.54, 1.807) is 55.4 Å². The fourth-order valence-corrected chi connectivity index (χ4v) is 7.81. The third-order valence-electron chi connectivity index (χ3n) is 9.53. The molecule has 59 heavy (non-hydrogen) atoms. The van der Waals surface area contributed by atoms with Crippen molar-refractivity contribution in [2.24, 2.45) is 17.3 Å². The van der Waals surface area contributed by atoms with Crippen LogP contribution in [0, 0.1) is 28.6 Å². The highest BCUT2D eigenvalue weighted by atomic mass is 28.4. The molecule has 2 fully saturated rings. The fraction of sp³-hybridized carbons (Fsp3) is 0.700. The van der Waals surface area contributed by atoms with Crippen molar-refractivity contribution < 1.29 is 56.8 Å². The molecule has 2 aromatic rings. The number of esters is 3. The molecule has 326 valence electrons. The van der Waals surface area contributed by atoms with Crippen molar-refractivity contribution in [3.63, 3.8) is 0 Å². The topological polar surface area (TPSA) is 228 Å².